The van der Waals surface area contributed by atoms with E-state index in [1.165, 1.54) is 12.7 Å². The highest BCUT2D eigenvalue weighted by Crippen LogP contribution is 2.15. The molecular weight excluding hydrogens is 328 g/mol. The van der Waals surface area contributed by atoms with Crippen LogP contribution in [0.1, 0.15) is 12.0 Å². The summed E-state index contributed by atoms with van der Waals surface area (Å²) in [6, 6.07) is 7.60. The molecule has 3 rings (SSSR count). The lowest BCUT2D eigenvalue weighted by atomic mass is 10.1. The van der Waals surface area contributed by atoms with Gasteiger partial charge in [0.05, 0.1) is 7.11 Å². The van der Waals surface area contributed by atoms with Gasteiger partial charge in [-0.1, -0.05) is 29.8 Å². The zero-order valence-electron chi connectivity index (χ0n) is 13.7. The molecule has 24 heavy (non-hydrogen) atoms. The normalized spacial score (nSPS) is 23.4. The van der Waals surface area contributed by atoms with Crippen molar-refractivity contribution < 1.29 is 19.5 Å². The molecule has 1 saturated heterocycles. The Kier molecular flexibility index (Phi) is 4.79. The first-order chi connectivity index (χ1) is 11.5. The minimum Gasteiger partial charge on any atom is -0.465 e. The predicted molar refractivity (Wildman–Crippen MR) is 89.8 cm³/mol. The molecule has 0 amide bonds. The molecule has 0 aliphatic carbocycles. The average molecular weight is 349 g/mol. The molecule has 0 spiro atoms. The van der Waals surface area contributed by atoms with Crippen LogP contribution >= 0.6 is 12.2 Å². The van der Waals surface area contributed by atoms with Crippen molar-refractivity contribution in [1.82, 2.24) is 14.8 Å². The van der Waals surface area contributed by atoms with E-state index in [0.29, 0.717) is 30.2 Å². The second-order valence-electron chi connectivity index (χ2n) is 6.13. The number of hydrogen-bond donors (Lipinski definition) is 3. The SMILES string of the molecule is COC(=O)[C@@H]1C[C@H](O)C[NH+]1Cn1[nH]c(-c2ccc(C)cc2)nc1=S. The van der Waals surface area contributed by atoms with E-state index in [0.717, 1.165) is 10.5 Å². The Balaban J connectivity index is 1.81. The van der Waals surface area contributed by atoms with E-state index in [9.17, 15) is 9.90 Å². The number of aliphatic hydroxyl groups excluding tert-OH is 1. The highest BCUT2D eigenvalue weighted by Gasteiger charge is 2.41. The van der Waals surface area contributed by atoms with Crippen LogP contribution in [0.5, 0.6) is 0 Å². The quantitative estimate of drug-likeness (QED) is 0.537. The number of hydrogen-bond acceptors (Lipinski definition) is 5. The number of methoxy groups -OCH3 is 1. The summed E-state index contributed by atoms with van der Waals surface area (Å²) < 4.78 is 6.98. The molecule has 1 aromatic heterocycles. The van der Waals surface area contributed by atoms with Crippen molar-refractivity contribution in [3.63, 3.8) is 0 Å². The topological polar surface area (TPSA) is 84.6 Å². The van der Waals surface area contributed by atoms with E-state index < -0.39 is 12.1 Å². The number of ether oxygens (including phenoxy) is 1. The molecule has 3 N–H and O–H groups in total. The maximum atomic E-state index is 11.9. The van der Waals surface area contributed by atoms with Crippen LogP contribution in [0.2, 0.25) is 0 Å². The lowest BCUT2D eigenvalue weighted by Gasteiger charge is -2.19. The molecule has 1 unspecified atom stereocenters. The average Bonchev–Trinajstić information content (AvgIpc) is 3.11. The van der Waals surface area contributed by atoms with Crippen molar-refractivity contribution in [1.29, 1.82) is 0 Å². The lowest BCUT2D eigenvalue weighted by Crippen LogP contribution is -3.14. The number of aryl methyl sites for hydroxylation is 1. The van der Waals surface area contributed by atoms with Gasteiger partial charge in [0.2, 0.25) is 4.77 Å². The van der Waals surface area contributed by atoms with Crippen LogP contribution in [0.3, 0.4) is 0 Å². The Morgan fingerprint density at radius 1 is 1.50 bits per heavy atom. The van der Waals surface area contributed by atoms with Crippen molar-refractivity contribution >= 4 is 18.2 Å². The summed E-state index contributed by atoms with van der Waals surface area (Å²) in [4.78, 5) is 17.2. The molecule has 3 atom stereocenters. The fourth-order valence-electron chi connectivity index (χ4n) is 3.05. The summed E-state index contributed by atoms with van der Waals surface area (Å²) in [5.74, 6) is 0.375. The van der Waals surface area contributed by atoms with Gasteiger partial charge in [0.25, 0.3) is 0 Å². The molecule has 128 valence electrons. The van der Waals surface area contributed by atoms with Gasteiger partial charge in [0.15, 0.2) is 18.5 Å². The standard InChI is InChI=1S/C16H20N4O3S/c1-10-3-5-11(6-4-10)14-17-16(24)20(18-14)9-19-8-12(21)7-13(19)15(22)23-2/h3-6,12-13,21H,7-9H2,1-2H3,(H,17,18,24)/p+1/t12-,13-/m0/s1. The number of nitrogens with zero attached hydrogens (tertiary/aromatic N) is 2. The molecule has 8 heteroatoms. The Morgan fingerprint density at radius 3 is 2.88 bits per heavy atom. The van der Waals surface area contributed by atoms with Crippen molar-refractivity contribution in [2.45, 2.75) is 32.2 Å². The molecule has 2 aromatic rings. The summed E-state index contributed by atoms with van der Waals surface area (Å²) in [5.41, 5.74) is 2.12. The van der Waals surface area contributed by atoms with E-state index in [1.54, 1.807) is 4.68 Å². The highest BCUT2D eigenvalue weighted by atomic mass is 32.1. The summed E-state index contributed by atoms with van der Waals surface area (Å²) in [7, 11) is 1.36. The van der Waals surface area contributed by atoms with E-state index >= 15 is 0 Å². The first-order valence-corrected chi connectivity index (χ1v) is 8.23. The van der Waals surface area contributed by atoms with Gasteiger partial charge in [-0.2, -0.15) is 4.98 Å². The van der Waals surface area contributed by atoms with Gasteiger partial charge >= 0.3 is 5.97 Å². The number of benzene rings is 1. The van der Waals surface area contributed by atoms with Gasteiger partial charge in [0.1, 0.15) is 12.6 Å². The third-order valence-corrected chi connectivity index (χ3v) is 4.66. The van der Waals surface area contributed by atoms with Crippen LogP contribution in [0, 0.1) is 11.7 Å². The van der Waals surface area contributed by atoms with E-state index in [-0.39, 0.29) is 5.97 Å². The number of nitrogens with one attached hydrogen (secondary N) is 2. The largest absolute Gasteiger partial charge is 0.465 e. The molecule has 1 aliphatic heterocycles. The maximum absolute atomic E-state index is 11.9. The van der Waals surface area contributed by atoms with Gasteiger partial charge in [-0.25, -0.2) is 9.48 Å². The first-order valence-electron chi connectivity index (χ1n) is 7.82. The molecule has 1 aromatic carbocycles. The summed E-state index contributed by atoms with van der Waals surface area (Å²) in [6.07, 6.45) is -0.119. The molecule has 7 nitrogen and oxygen atoms in total. The molecule has 1 aliphatic rings. The molecule has 0 radical (unpaired) electrons. The summed E-state index contributed by atoms with van der Waals surface area (Å²) in [6.45, 7) is 2.93. The summed E-state index contributed by atoms with van der Waals surface area (Å²) >= 11 is 5.32. The van der Waals surface area contributed by atoms with Crippen LogP contribution in [-0.2, 0) is 16.2 Å². The third-order valence-electron chi connectivity index (χ3n) is 4.35. The smallest absolute Gasteiger partial charge is 0.364 e. The number of carbonyl (C=O) groups excluding carboxylic acids is 1. The molecule has 1 fully saturated rings. The fourth-order valence-corrected chi connectivity index (χ4v) is 3.26. The number of H-pyrrole nitrogens is 1. The van der Waals surface area contributed by atoms with E-state index in [2.05, 4.69) is 10.1 Å². The Labute approximate surface area is 144 Å². The second kappa shape index (κ2) is 6.84. The van der Waals surface area contributed by atoms with E-state index in [1.807, 2.05) is 31.2 Å². The zero-order valence-corrected chi connectivity index (χ0v) is 14.5. The fraction of sp³-hybridized carbons (Fsp3) is 0.438. The van der Waals surface area contributed by atoms with Gasteiger partial charge in [-0.15, -0.1) is 0 Å². The molecular formula is C16H21N4O3S+. The van der Waals surface area contributed by atoms with Crippen LogP contribution in [0.15, 0.2) is 24.3 Å². The predicted octanol–water partition coefficient (Wildman–Crippen LogP) is 0.0647. The lowest BCUT2D eigenvalue weighted by molar-refractivity contribution is -0.928. The summed E-state index contributed by atoms with van der Waals surface area (Å²) in [5, 5.41) is 13.1. The van der Waals surface area contributed by atoms with Gasteiger partial charge in [0, 0.05) is 12.0 Å². The van der Waals surface area contributed by atoms with Gasteiger partial charge in [-0.05, 0) is 19.1 Å². The number of carbonyl (C=O) groups is 1. The first kappa shape index (κ1) is 16.8. The number of aromatic amines is 1. The number of aliphatic hydroxyl groups is 1. The van der Waals surface area contributed by atoms with Crippen LogP contribution < -0.4 is 4.90 Å². The number of esters is 1. The Bertz CT molecular complexity index is 783. The van der Waals surface area contributed by atoms with Crippen LogP contribution in [0.25, 0.3) is 11.4 Å². The third kappa shape index (κ3) is 3.40. The van der Waals surface area contributed by atoms with Crippen molar-refractivity contribution in [2.75, 3.05) is 13.7 Å². The maximum Gasteiger partial charge on any atom is 0.364 e. The number of rotatable bonds is 4. The van der Waals surface area contributed by atoms with Crippen LogP contribution in [0.4, 0.5) is 0 Å². The molecule has 0 saturated carbocycles. The number of quaternary nitrogens is 1. The van der Waals surface area contributed by atoms with Crippen LogP contribution in [-0.4, -0.2) is 51.6 Å². The van der Waals surface area contributed by atoms with Gasteiger partial charge in [-0.3, -0.25) is 5.10 Å². The Morgan fingerprint density at radius 2 is 2.21 bits per heavy atom. The monoisotopic (exact) mass is 349 g/mol. The Hall–Kier alpha value is -2.03. The minimum atomic E-state index is -0.516. The zero-order chi connectivity index (χ0) is 17.3. The number of likely N-dealkylation sites (tertiary alicyclic amines) is 1. The number of aromatic nitrogens is 3. The van der Waals surface area contributed by atoms with Crippen molar-refractivity contribution in [2.24, 2.45) is 0 Å². The molecule has 2 heterocycles. The van der Waals surface area contributed by atoms with Crippen molar-refractivity contribution in [3.05, 3.63) is 34.6 Å². The van der Waals surface area contributed by atoms with Crippen molar-refractivity contribution in [3.8, 4) is 11.4 Å². The highest BCUT2D eigenvalue weighted by molar-refractivity contribution is 7.71. The second-order valence-corrected chi connectivity index (χ2v) is 6.50. The molecule has 0 bridgehead atoms. The van der Waals surface area contributed by atoms with E-state index in [4.69, 9.17) is 17.0 Å². The minimum absolute atomic E-state index is 0.314. The van der Waals surface area contributed by atoms with Gasteiger partial charge < -0.3 is 14.7 Å².